The van der Waals surface area contributed by atoms with E-state index in [-0.39, 0.29) is 12.1 Å². The van der Waals surface area contributed by atoms with Gasteiger partial charge in [0, 0.05) is 25.6 Å². The Morgan fingerprint density at radius 3 is 3.00 bits per heavy atom. The van der Waals surface area contributed by atoms with Gasteiger partial charge in [0.05, 0.1) is 32.1 Å². The lowest BCUT2D eigenvalue weighted by molar-refractivity contribution is -0.0547. The van der Waals surface area contributed by atoms with Gasteiger partial charge in [-0.25, -0.2) is 4.98 Å². The summed E-state index contributed by atoms with van der Waals surface area (Å²) in [4.78, 5) is 6.77. The van der Waals surface area contributed by atoms with Gasteiger partial charge in [0.15, 0.2) is 0 Å². The Balaban J connectivity index is 1.73. The molecule has 1 saturated carbocycles. The molecule has 1 saturated heterocycles. The van der Waals surface area contributed by atoms with E-state index in [1.807, 2.05) is 11.6 Å². The van der Waals surface area contributed by atoms with Crippen LogP contribution in [0.25, 0.3) is 0 Å². The second kappa shape index (κ2) is 6.02. The number of ether oxygens (including phenoxy) is 1. The Hall–Kier alpha value is -0.620. The lowest BCUT2D eigenvalue weighted by Crippen LogP contribution is -2.50. The highest BCUT2D eigenvalue weighted by atomic mass is 35.5. The first-order chi connectivity index (χ1) is 9.66. The van der Waals surface area contributed by atoms with E-state index in [2.05, 4.69) is 9.88 Å². The maximum absolute atomic E-state index is 10.2. The predicted octanol–water partition coefficient (Wildman–Crippen LogP) is 1.44. The van der Waals surface area contributed by atoms with Gasteiger partial charge in [0.1, 0.15) is 11.0 Å². The van der Waals surface area contributed by atoms with Crippen LogP contribution in [0.4, 0.5) is 0 Å². The minimum atomic E-state index is -0.186. The van der Waals surface area contributed by atoms with Gasteiger partial charge in [-0.2, -0.15) is 0 Å². The molecule has 3 atom stereocenters. The molecule has 0 radical (unpaired) electrons. The summed E-state index contributed by atoms with van der Waals surface area (Å²) in [5.41, 5.74) is 0. The van der Waals surface area contributed by atoms with Gasteiger partial charge in [0.25, 0.3) is 0 Å². The van der Waals surface area contributed by atoms with E-state index in [9.17, 15) is 5.11 Å². The third kappa shape index (κ3) is 2.72. The van der Waals surface area contributed by atoms with E-state index in [1.54, 1.807) is 6.20 Å². The number of morpholine rings is 1. The third-order valence-corrected chi connectivity index (χ3v) is 5.03. The van der Waals surface area contributed by atoms with Gasteiger partial charge in [-0.1, -0.05) is 18.0 Å². The van der Waals surface area contributed by atoms with Gasteiger partial charge in [-0.05, 0) is 12.8 Å². The van der Waals surface area contributed by atoms with Gasteiger partial charge in [-0.3, -0.25) is 4.90 Å². The van der Waals surface area contributed by atoms with Crippen molar-refractivity contribution in [2.75, 3.05) is 19.8 Å². The van der Waals surface area contributed by atoms with E-state index in [1.165, 1.54) is 0 Å². The molecule has 0 amide bonds. The molecular formula is C14H22ClN3O2. The zero-order valence-electron chi connectivity index (χ0n) is 11.8. The molecule has 20 heavy (non-hydrogen) atoms. The van der Waals surface area contributed by atoms with Crippen LogP contribution in [-0.4, -0.2) is 51.5 Å². The average molecular weight is 300 g/mol. The van der Waals surface area contributed by atoms with E-state index in [0.717, 1.165) is 44.8 Å². The van der Waals surface area contributed by atoms with Crippen LogP contribution in [0.1, 0.15) is 25.1 Å². The maximum Gasteiger partial charge on any atom is 0.128 e. The number of aliphatic hydroxyl groups excluding tert-OH is 1. The van der Waals surface area contributed by atoms with E-state index >= 15 is 0 Å². The van der Waals surface area contributed by atoms with Gasteiger partial charge in [0.2, 0.25) is 0 Å². The van der Waals surface area contributed by atoms with Crippen LogP contribution in [0, 0.1) is 5.92 Å². The summed E-state index contributed by atoms with van der Waals surface area (Å²) in [6.07, 6.45) is 4.63. The lowest BCUT2D eigenvalue weighted by Gasteiger charge is -2.39. The first kappa shape index (κ1) is 14.3. The van der Waals surface area contributed by atoms with Crippen LogP contribution in [-0.2, 0) is 18.3 Å². The number of hydrogen-bond donors (Lipinski definition) is 1. The Labute approximate surface area is 124 Å². The van der Waals surface area contributed by atoms with Crippen molar-refractivity contribution in [1.82, 2.24) is 14.5 Å². The largest absolute Gasteiger partial charge is 0.393 e. The number of imidazole rings is 1. The van der Waals surface area contributed by atoms with Crippen LogP contribution in [0.2, 0.25) is 5.15 Å². The second-order valence-corrected chi connectivity index (χ2v) is 6.22. The fourth-order valence-corrected chi connectivity index (χ4v) is 3.56. The molecule has 1 aromatic rings. The fourth-order valence-electron chi connectivity index (χ4n) is 3.42. The second-order valence-electron chi connectivity index (χ2n) is 5.83. The third-order valence-electron chi connectivity index (χ3n) is 4.68. The van der Waals surface area contributed by atoms with Gasteiger partial charge in [-0.15, -0.1) is 0 Å². The molecule has 1 aliphatic heterocycles. The Morgan fingerprint density at radius 1 is 1.50 bits per heavy atom. The van der Waals surface area contributed by atoms with Crippen molar-refractivity contribution < 1.29 is 9.84 Å². The van der Waals surface area contributed by atoms with Gasteiger partial charge >= 0.3 is 0 Å². The molecule has 1 aromatic heterocycles. The van der Waals surface area contributed by atoms with Crippen molar-refractivity contribution >= 4 is 11.6 Å². The van der Waals surface area contributed by atoms with Crippen molar-refractivity contribution in [3.63, 3.8) is 0 Å². The van der Waals surface area contributed by atoms with Crippen molar-refractivity contribution in [3.8, 4) is 0 Å². The number of aliphatic hydroxyl groups is 1. The lowest BCUT2D eigenvalue weighted by atomic mass is 9.94. The van der Waals surface area contributed by atoms with E-state index < -0.39 is 0 Å². The van der Waals surface area contributed by atoms with Crippen molar-refractivity contribution in [2.45, 2.75) is 38.0 Å². The van der Waals surface area contributed by atoms with Crippen LogP contribution in [0.3, 0.4) is 0 Å². The number of rotatable bonds is 3. The normalized spacial score (nSPS) is 31.9. The summed E-state index contributed by atoms with van der Waals surface area (Å²) in [5, 5.41) is 10.8. The quantitative estimate of drug-likeness (QED) is 0.917. The molecule has 1 N–H and O–H groups in total. The molecule has 1 aliphatic carbocycles. The Morgan fingerprint density at radius 2 is 2.35 bits per heavy atom. The molecular weight excluding hydrogens is 278 g/mol. The van der Waals surface area contributed by atoms with Gasteiger partial charge < -0.3 is 14.4 Å². The van der Waals surface area contributed by atoms with Crippen LogP contribution < -0.4 is 0 Å². The molecule has 2 heterocycles. The zero-order valence-corrected chi connectivity index (χ0v) is 12.6. The predicted molar refractivity (Wildman–Crippen MR) is 76.6 cm³/mol. The number of aromatic nitrogens is 2. The Kier molecular flexibility index (Phi) is 4.31. The summed E-state index contributed by atoms with van der Waals surface area (Å²) < 4.78 is 7.56. The summed E-state index contributed by atoms with van der Waals surface area (Å²) in [5.74, 6) is 1.29. The molecule has 6 heteroatoms. The van der Waals surface area contributed by atoms with Crippen molar-refractivity contribution in [3.05, 3.63) is 17.2 Å². The SMILES string of the molecule is Cn1c(Cl)cnc1CN1CCOC[C@@H]1[C@H]1CCC[C@@H]1O. The highest BCUT2D eigenvalue weighted by molar-refractivity contribution is 6.29. The van der Waals surface area contributed by atoms with E-state index in [4.69, 9.17) is 16.3 Å². The number of hydrogen-bond acceptors (Lipinski definition) is 4. The molecule has 5 nitrogen and oxygen atoms in total. The first-order valence-electron chi connectivity index (χ1n) is 7.33. The molecule has 0 spiro atoms. The fraction of sp³-hybridized carbons (Fsp3) is 0.786. The highest BCUT2D eigenvalue weighted by Crippen LogP contribution is 2.32. The highest BCUT2D eigenvalue weighted by Gasteiger charge is 2.37. The minimum Gasteiger partial charge on any atom is -0.393 e. The summed E-state index contributed by atoms with van der Waals surface area (Å²) in [7, 11) is 1.94. The number of halogens is 1. The minimum absolute atomic E-state index is 0.186. The number of nitrogens with zero attached hydrogens (tertiary/aromatic N) is 3. The van der Waals surface area contributed by atoms with Crippen molar-refractivity contribution in [1.29, 1.82) is 0 Å². The van der Waals surface area contributed by atoms with E-state index in [0.29, 0.717) is 17.7 Å². The summed E-state index contributed by atoms with van der Waals surface area (Å²) in [6.45, 7) is 3.11. The molecule has 0 aromatic carbocycles. The monoisotopic (exact) mass is 299 g/mol. The topological polar surface area (TPSA) is 50.5 Å². The summed E-state index contributed by atoms with van der Waals surface area (Å²) >= 11 is 6.05. The molecule has 2 aliphatic rings. The average Bonchev–Trinajstić information content (AvgIpc) is 3.00. The molecule has 0 bridgehead atoms. The molecule has 3 rings (SSSR count). The standard InChI is InChI=1S/C14H22ClN3O2/c1-17-13(15)7-16-14(17)8-18-5-6-20-9-11(18)10-3-2-4-12(10)19/h7,10-12,19H,2-6,8-9H2,1H3/t10-,11-,12+/m1/s1. The van der Waals surface area contributed by atoms with Crippen molar-refractivity contribution in [2.24, 2.45) is 13.0 Å². The molecule has 112 valence electrons. The smallest absolute Gasteiger partial charge is 0.128 e. The first-order valence-corrected chi connectivity index (χ1v) is 7.70. The van der Waals surface area contributed by atoms with Crippen LogP contribution in [0.5, 0.6) is 0 Å². The maximum atomic E-state index is 10.2. The van der Waals surface area contributed by atoms with Crippen LogP contribution in [0.15, 0.2) is 6.20 Å². The molecule has 0 unspecified atom stereocenters. The Bertz CT molecular complexity index is 465. The van der Waals surface area contributed by atoms with Crippen LogP contribution >= 0.6 is 11.6 Å². The molecule has 2 fully saturated rings. The summed E-state index contributed by atoms with van der Waals surface area (Å²) in [6, 6.07) is 0.289. The zero-order chi connectivity index (χ0) is 14.1.